The first-order valence-corrected chi connectivity index (χ1v) is 4.54. The monoisotopic (exact) mass is 193 g/mol. The molecule has 0 aliphatic rings. The fourth-order valence-corrected chi connectivity index (χ4v) is 1.28. The van der Waals surface area contributed by atoms with Crippen LogP contribution in [0.25, 0.3) is 0 Å². The molecule has 14 heavy (non-hydrogen) atoms. The Morgan fingerprint density at radius 3 is 2.36 bits per heavy atom. The minimum absolute atomic E-state index is 0.0201. The SMILES string of the molecule is COc1ccc(C(C)NC(C)=O)cc1. The third-order valence-electron chi connectivity index (χ3n) is 2.04. The Bertz CT molecular complexity index is 306. The van der Waals surface area contributed by atoms with Crippen LogP contribution in [0.4, 0.5) is 0 Å². The predicted octanol–water partition coefficient (Wildman–Crippen LogP) is 1.89. The summed E-state index contributed by atoms with van der Waals surface area (Å²) in [4.78, 5) is 10.8. The number of amides is 1. The lowest BCUT2D eigenvalue weighted by molar-refractivity contribution is -0.119. The largest absolute Gasteiger partial charge is 0.497 e. The second-order valence-electron chi connectivity index (χ2n) is 3.20. The van der Waals surface area contributed by atoms with E-state index in [4.69, 9.17) is 4.74 Å². The van der Waals surface area contributed by atoms with Crippen molar-refractivity contribution in [2.24, 2.45) is 0 Å². The fourth-order valence-electron chi connectivity index (χ4n) is 1.28. The molecule has 0 aliphatic heterocycles. The number of hydrogen-bond donors (Lipinski definition) is 1. The summed E-state index contributed by atoms with van der Waals surface area (Å²) in [5, 5.41) is 2.82. The standard InChI is InChI=1S/C11H15NO2/c1-8(12-9(2)13)10-4-6-11(14-3)7-5-10/h4-8H,1-3H3,(H,12,13). The molecule has 1 aromatic carbocycles. The lowest BCUT2D eigenvalue weighted by Crippen LogP contribution is -2.23. The van der Waals surface area contributed by atoms with Crippen molar-refractivity contribution < 1.29 is 9.53 Å². The average Bonchev–Trinajstić information content (AvgIpc) is 2.17. The molecule has 0 radical (unpaired) electrons. The van der Waals surface area contributed by atoms with Gasteiger partial charge < -0.3 is 10.1 Å². The number of rotatable bonds is 3. The van der Waals surface area contributed by atoms with Gasteiger partial charge in [-0.05, 0) is 24.6 Å². The van der Waals surface area contributed by atoms with E-state index in [9.17, 15) is 4.79 Å². The van der Waals surface area contributed by atoms with E-state index in [2.05, 4.69) is 5.32 Å². The Labute approximate surface area is 84.1 Å². The zero-order valence-corrected chi connectivity index (χ0v) is 8.70. The molecule has 0 spiro atoms. The maximum absolute atomic E-state index is 10.8. The molecular formula is C11H15NO2. The van der Waals surface area contributed by atoms with Gasteiger partial charge in [-0.2, -0.15) is 0 Å². The summed E-state index contributed by atoms with van der Waals surface area (Å²) in [5.74, 6) is 0.803. The maximum Gasteiger partial charge on any atom is 0.217 e. The van der Waals surface area contributed by atoms with Gasteiger partial charge in [-0.25, -0.2) is 0 Å². The van der Waals surface area contributed by atoms with Crippen LogP contribution in [-0.4, -0.2) is 13.0 Å². The van der Waals surface area contributed by atoms with Crippen molar-refractivity contribution in [2.45, 2.75) is 19.9 Å². The third-order valence-corrected chi connectivity index (χ3v) is 2.04. The summed E-state index contributed by atoms with van der Waals surface area (Å²) in [5.41, 5.74) is 1.07. The summed E-state index contributed by atoms with van der Waals surface area (Å²) in [6.07, 6.45) is 0. The molecular weight excluding hydrogens is 178 g/mol. The van der Waals surface area contributed by atoms with Crippen LogP contribution in [0.5, 0.6) is 5.75 Å². The molecule has 1 rings (SSSR count). The summed E-state index contributed by atoms with van der Waals surface area (Å²) >= 11 is 0. The molecule has 1 N–H and O–H groups in total. The smallest absolute Gasteiger partial charge is 0.217 e. The summed E-state index contributed by atoms with van der Waals surface area (Å²) in [7, 11) is 1.63. The second kappa shape index (κ2) is 4.65. The molecule has 76 valence electrons. The van der Waals surface area contributed by atoms with E-state index in [0.717, 1.165) is 11.3 Å². The molecule has 3 heteroatoms. The van der Waals surface area contributed by atoms with Gasteiger partial charge in [0.1, 0.15) is 5.75 Å². The number of benzene rings is 1. The minimum Gasteiger partial charge on any atom is -0.497 e. The van der Waals surface area contributed by atoms with Crippen LogP contribution in [0.15, 0.2) is 24.3 Å². The predicted molar refractivity (Wildman–Crippen MR) is 55.2 cm³/mol. The van der Waals surface area contributed by atoms with E-state index in [0.29, 0.717) is 0 Å². The van der Waals surface area contributed by atoms with Crippen molar-refractivity contribution in [3.8, 4) is 5.75 Å². The molecule has 0 heterocycles. The Morgan fingerprint density at radius 2 is 1.93 bits per heavy atom. The molecule has 3 nitrogen and oxygen atoms in total. The van der Waals surface area contributed by atoms with E-state index in [1.165, 1.54) is 6.92 Å². The first-order chi connectivity index (χ1) is 6.63. The third kappa shape index (κ3) is 2.76. The summed E-state index contributed by atoms with van der Waals surface area (Å²) in [6.45, 7) is 3.46. The highest BCUT2D eigenvalue weighted by molar-refractivity contribution is 5.73. The number of methoxy groups -OCH3 is 1. The molecule has 1 unspecified atom stereocenters. The van der Waals surface area contributed by atoms with Crippen molar-refractivity contribution in [3.63, 3.8) is 0 Å². The second-order valence-corrected chi connectivity index (χ2v) is 3.20. The molecule has 1 amide bonds. The van der Waals surface area contributed by atoms with E-state index < -0.39 is 0 Å². The lowest BCUT2D eigenvalue weighted by Gasteiger charge is -2.12. The summed E-state index contributed by atoms with van der Waals surface area (Å²) < 4.78 is 5.04. The molecule has 0 aliphatic carbocycles. The van der Waals surface area contributed by atoms with Crippen LogP contribution in [0.3, 0.4) is 0 Å². The zero-order chi connectivity index (χ0) is 10.6. The van der Waals surface area contributed by atoms with E-state index in [1.807, 2.05) is 31.2 Å². The van der Waals surface area contributed by atoms with Crippen molar-refractivity contribution in [1.29, 1.82) is 0 Å². The van der Waals surface area contributed by atoms with E-state index in [-0.39, 0.29) is 11.9 Å². The molecule has 0 saturated carbocycles. The van der Waals surface area contributed by atoms with Crippen molar-refractivity contribution >= 4 is 5.91 Å². The first kappa shape index (κ1) is 10.6. The molecule has 0 bridgehead atoms. The van der Waals surface area contributed by atoms with Gasteiger partial charge in [0.15, 0.2) is 0 Å². The number of nitrogens with one attached hydrogen (secondary N) is 1. The number of ether oxygens (including phenoxy) is 1. The van der Waals surface area contributed by atoms with Crippen LogP contribution in [-0.2, 0) is 4.79 Å². The average molecular weight is 193 g/mol. The fraction of sp³-hybridized carbons (Fsp3) is 0.364. The summed E-state index contributed by atoms with van der Waals surface area (Å²) in [6, 6.07) is 7.69. The van der Waals surface area contributed by atoms with Gasteiger partial charge in [0.2, 0.25) is 5.91 Å². The zero-order valence-electron chi connectivity index (χ0n) is 8.70. The van der Waals surface area contributed by atoms with Gasteiger partial charge in [-0.3, -0.25) is 4.79 Å². The van der Waals surface area contributed by atoms with Gasteiger partial charge in [-0.15, -0.1) is 0 Å². The highest BCUT2D eigenvalue weighted by Gasteiger charge is 2.05. The van der Waals surface area contributed by atoms with Crippen molar-refractivity contribution in [3.05, 3.63) is 29.8 Å². The normalized spacial score (nSPS) is 11.9. The van der Waals surface area contributed by atoms with Crippen LogP contribution >= 0.6 is 0 Å². The first-order valence-electron chi connectivity index (χ1n) is 4.54. The maximum atomic E-state index is 10.8. The Balaban J connectivity index is 2.71. The van der Waals surface area contributed by atoms with Gasteiger partial charge in [0.25, 0.3) is 0 Å². The van der Waals surface area contributed by atoms with Crippen molar-refractivity contribution in [2.75, 3.05) is 7.11 Å². The number of carbonyl (C=O) groups excluding carboxylic acids is 1. The van der Waals surface area contributed by atoms with Crippen molar-refractivity contribution in [1.82, 2.24) is 5.32 Å². The van der Waals surface area contributed by atoms with Gasteiger partial charge in [0.05, 0.1) is 13.2 Å². The lowest BCUT2D eigenvalue weighted by atomic mass is 10.1. The minimum atomic E-state index is -0.0201. The highest BCUT2D eigenvalue weighted by Crippen LogP contribution is 2.16. The van der Waals surface area contributed by atoms with Crippen LogP contribution in [0.2, 0.25) is 0 Å². The quantitative estimate of drug-likeness (QED) is 0.796. The van der Waals surface area contributed by atoms with Gasteiger partial charge in [0, 0.05) is 6.92 Å². The molecule has 0 fully saturated rings. The molecule has 0 aromatic heterocycles. The highest BCUT2D eigenvalue weighted by atomic mass is 16.5. The van der Waals surface area contributed by atoms with Crippen LogP contribution in [0, 0.1) is 0 Å². The Morgan fingerprint density at radius 1 is 1.36 bits per heavy atom. The Kier molecular flexibility index (Phi) is 3.51. The molecule has 1 atom stereocenters. The topological polar surface area (TPSA) is 38.3 Å². The molecule has 1 aromatic rings. The Hall–Kier alpha value is -1.51. The number of carbonyl (C=O) groups is 1. The molecule has 0 saturated heterocycles. The van der Waals surface area contributed by atoms with Crippen LogP contribution in [0.1, 0.15) is 25.5 Å². The van der Waals surface area contributed by atoms with Gasteiger partial charge >= 0.3 is 0 Å². The number of hydrogen-bond acceptors (Lipinski definition) is 2. The van der Waals surface area contributed by atoms with Crippen LogP contribution < -0.4 is 10.1 Å². The van der Waals surface area contributed by atoms with E-state index in [1.54, 1.807) is 7.11 Å². The van der Waals surface area contributed by atoms with Gasteiger partial charge in [-0.1, -0.05) is 12.1 Å². The van der Waals surface area contributed by atoms with E-state index >= 15 is 0 Å².